The molecule has 0 unspecified atom stereocenters. The van der Waals surface area contributed by atoms with Crippen molar-refractivity contribution in [1.29, 1.82) is 0 Å². The van der Waals surface area contributed by atoms with Crippen molar-refractivity contribution < 1.29 is 4.79 Å². The SMILES string of the molecule is NCCSCC=C=O. The van der Waals surface area contributed by atoms with Crippen LogP contribution in [0.25, 0.3) is 0 Å². The maximum Gasteiger partial charge on any atom is 0.120 e. The van der Waals surface area contributed by atoms with Crippen molar-refractivity contribution in [2.45, 2.75) is 0 Å². The molecule has 0 bridgehead atoms. The Kier molecular flexibility index (Phi) is 6.56. The van der Waals surface area contributed by atoms with Crippen molar-refractivity contribution in [2.75, 3.05) is 18.1 Å². The summed E-state index contributed by atoms with van der Waals surface area (Å²) in [7, 11) is 0. The molecule has 0 aromatic rings. The molecule has 0 aliphatic carbocycles. The fourth-order valence-electron chi connectivity index (χ4n) is 0.260. The van der Waals surface area contributed by atoms with Gasteiger partial charge in [0.25, 0.3) is 0 Å². The minimum absolute atomic E-state index is 0.678. The zero-order valence-electron chi connectivity index (χ0n) is 4.59. The van der Waals surface area contributed by atoms with Crippen molar-refractivity contribution >= 4 is 17.7 Å². The van der Waals surface area contributed by atoms with Crippen LogP contribution >= 0.6 is 11.8 Å². The Labute approximate surface area is 53.1 Å². The highest BCUT2D eigenvalue weighted by atomic mass is 32.2. The zero-order valence-corrected chi connectivity index (χ0v) is 5.41. The highest BCUT2D eigenvalue weighted by Crippen LogP contribution is 1.95. The molecule has 0 fully saturated rings. The molecule has 0 saturated heterocycles. The largest absolute Gasteiger partial charge is 0.330 e. The topological polar surface area (TPSA) is 43.1 Å². The average molecular weight is 131 g/mol. The molecular formula is C5H9NOS. The number of hydrogen-bond donors (Lipinski definition) is 1. The second kappa shape index (κ2) is 6.76. The molecule has 0 atom stereocenters. The van der Waals surface area contributed by atoms with E-state index in [-0.39, 0.29) is 0 Å². The van der Waals surface area contributed by atoms with Crippen LogP contribution in [0.4, 0.5) is 0 Å². The molecule has 0 aromatic heterocycles. The van der Waals surface area contributed by atoms with E-state index in [0.717, 1.165) is 11.5 Å². The van der Waals surface area contributed by atoms with Gasteiger partial charge < -0.3 is 5.73 Å². The molecule has 0 rings (SSSR count). The number of carbonyl (C=O) groups excluding carboxylic acids is 1. The number of hydrogen-bond acceptors (Lipinski definition) is 3. The van der Waals surface area contributed by atoms with Crippen LogP contribution in [0.3, 0.4) is 0 Å². The van der Waals surface area contributed by atoms with Gasteiger partial charge in [0.05, 0.1) is 0 Å². The Morgan fingerprint density at radius 3 is 3.00 bits per heavy atom. The van der Waals surface area contributed by atoms with E-state index >= 15 is 0 Å². The molecule has 0 heterocycles. The van der Waals surface area contributed by atoms with Crippen molar-refractivity contribution in [3.05, 3.63) is 6.08 Å². The predicted octanol–water partition coefficient (Wildman–Crippen LogP) is 0.0661. The van der Waals surface area contributed by atoms with Gasteiger partial charge in [0.2, 0.25) is 0 Å². The fourth-order valence-corrected chi connectivity index (χ4v) is 0.779. The van der Waals surface area contributed by atoms with Gasteiger partial charge in [0.1, 0.15) is 5.94 Å². The van der Waals surface area contributed by atoms with Gasteiger partial charge in [-0.2, -0.15) is 11.8 Å². The Morgan fingerprint density at radius 2 is 2.50 bits per heavy atom. The van der Waals surface area contributed by atoms with Gasteiger partial charge in [0.15, 0.2) is 0 Å². The van der Waals surface area contributed by atoms with Crippen LogP contribution in [0, 0.1) is 0 Å². The van der Waals surface area contributed by atoms with Crippen molar-refractivity contribution in [3.63, 3.8) is 0 Å². The second-order valence-electron chi connectivity index (χ2n) is 1.19. The van der Waals surface area contributed by atoms with Gasteiger partial charge in [-0.1, -0.05) is 0 Å². The van der Waals surface area contributed by atoms with Gasteiger partial charge >= 0.3 is 0 Å². The third-order valence-electron chi connectivity index (χ3n) is 0.547. The van der Waals surface area contributed by atoms with Crippen LogP contribution in [0.5, 0.6) is 0 Å². The van der Waals surface area contributed by atoms with Crippen molar-refractivity contribution in [3.8, 4) is 0 Å². The molecule has 46 valence electrons. The number of rotatable bonds is 4. The van der Waals surface area contributed by atoms with Crippen LogP contribution in [0.2, 0.25) is 0 Å². The first-order valence-electron chi connectivity index (χ1n) is 2.39. The van der Waals surface area contributed by atoms with Gasteiger partial charge in [-0.25, -0.2) is 4.79 Å². The van der Waals surface area contributed by atoms with Crippen LogP contribution in [-0.2, 0) is 4.79 Å². The molecule has 0 aliphatic rings. The molecule has 0 aromatic carbocycles. The lowest BCUT2D eigenvalue weighted by Crippen LogP contribution is -2.01. The molecule has 8 heavy (non-hydrogen) atoms. The van der Waals surface area contributed by atoms with Crippen molar-refractivity contribution in [2.24, 2.45) is 5.73 Å². The third-order valence-corrected chi connectivity index (χ3v) is 1.47. The number of thioether (sulfide) groups is 1. The maximum absolute atomic E-state index is 9.54. The Hall–Kier alpha value is -0.240. The molecule has 0 amide bonds. The molecule has 0 spiro atoms. The molecule has 2 nitrogen and oxygen atoms in total. The minimum Gasteiger partial charge on any atom is -0.330 e. The summed E-state index contributed by atoms with van der Waals surface area (Å²) in [6, 6.07) is 0. The highest BCUT2D eigenvalue weighted by molar-refractivity contribution is 7.99. The van der Waals surface area contributed by atoms with Gasteiger partial charge in [-0.3, -0.25) is 0 Å². The summed E-state index contributed by atoms with van der Waals surface area (Å²) in [5.74, 6) is 3.34. The third kappa shape index (κ3) is 5.76. The molecule has 0 radical (unpaired) electrons. The van der Waals surface area contributed by atoms with E-state index in [1.807, 2.05) is 0 Å². The highest BCUT2D eigenvalue weighted by Gasteiger charge is 1.79. The maximum atomic E-state index is 9.54. The molecule has 3 heteroatoms. The summed E-state index contributed by atoms with van der Waals surface area (Å²) in [4.78, 5) is 9.54. The lowest BCUT2D eigenvalue weighted by Gasteiger charge is -1.88. The Bertz CT molecular complexity index is 88.4. The minimum atomic E-state index is 0.678. The summed E-state index contributed by atoms with van der Waals surface area (Å²) in [6.45, 7) is 0.678. The summed E-state index contributed by atoms with van der Waals surface area (Å²) in [6.07, 6.45) is 1.46. The first-order valence-corrected chi connectivity index (χ1v) is 3.54. The molecule has 0 aliphatic heterocycles. The van der Waals surface area contributed by atoms with Crippen LogP contribution < -0.4 is 5.73 Å². The summed E-state index contributed by atoms with van der Waals surface area (Å²) >= 11 is 1.63. The van der Waals surface area contributed by atoms with E-state index in [1.54, 1.807) is 17.7 Å². The van der Waals surface area contributed by atoms with Crippen LogP contribution in [0.1, 0.15) is 0 Å². The first kappa shape index (κ1) is 7.76. The molecular weight excluding hydrogens is 122 g/mol. The normalized spacial score (nSPS) is 8.12. The standard InChI is InChI=1S/C5H9NOS/c6-2-5-8-4-1-3-7/h1H,2,4-6H2. The van der Waals surface area contributed by atoms with Crippen LogP contribution in [-0.4, -0.2) is 24.0 Å². The molecule has 2 N–H and O–H groups in total. The quantitative estimate of drug-likeness (QED) is 0.433. The fraction of sp³-hybridized carbons (Fsp3) is 0.600. The Balaban J connectivity index is 2.82. The monoisotopic (exact) mass is 131 g/mol. The van der Waals surface area contributed by atoms with Crippen molar-refractivity contribution in [1.82, 2.24) is 0 Å². The zero-order chi connectivity index (χ0) is 6.24. The Morgan fingerprint density at radius 1 is 1.75 bits per heavy atom. The lowest BCUT2D eigenvalue weighted by atomic mass is 10.8. The predicted molar refractivity (Wildman–Crippen MR) is 36.6 cm³/mol. The van der Waals surface area contributed by atoms with E-state index in [0.29, 0.717) is 6.54 Å². The lowest BCUT2D eigenvalue weighted by molar-refractivity contribution is 0.568. The molecule has 0 saturated carbocycles. The van der Waals surface area contributed by atoms with E-state index in [2.05, 4.69) is 0 Å². The van der Waals surface area contributed by atoms with E-state index in [4.69, 9.17) is 5.73 Å². The number of nitrogens with two attached hydrogens (primary N) is 1. The van der Waals surface area contributed by atoms with Crippen LogP contribution in [0.15, 0.2) is 6.08 Å². The van der Waals surface area contributed by atoms with Gasteiger partial charge in [-0.15, -0.1) is 0 Å². The summed E-state index contributed by atoms with van der Waals surface area (Å²) < 4.78 is 0. The van der Waals surface area contributed by atoms with Gasteiger partial charge in [0, 0.05) is 24.1 Å². The van der Waals surface area contributed by atoms with Gasteiger partial charge in [-0.05, 0) is 0 Å². The summed E-state index contributed by atoms with van der Waals surface area (Å²) in [5, 5.41) is 0. The first-order chi connectivity index (χ1) is 3.91. The summed E-state index contributed by atoms with van der Waals surface area (Å²) in [5.41, 5.74) is 5.18. The van der Waals surface area contributed by atoms with E-state index < -0.39 is 0 Å². The van der Waals surface area contributed by atoms with E-state index in [1.165, 1.54) is 6.08 Å². The van der Waals surface area contributed by atoms with E-state index in [9.17, 15) is 4.79 Å². The second-order valence-corrected chi connectivity index (χ2v) is 2.34. The smallest absolute Gasteiger partial charge is 0.120 e. The average Bonchev–Trinajstić information content (AvgIpc) is 1.81.